The zero-order valence-electron chi connectivity index (χ0n) is 22.0. The number of benzene rings is 2. The third-order valence-electron chi connectivity index (χ3n) is 6.64. The summed E-state index contributed by atoms with van der Waals surface area (Å²) in [6.45, 7) is 5.01. The van der Waals surface area contributed by atoms with E-state index in [9.17, 15) is 35.9 Å². The van der Waals surface area contributed by atoms with E-state index >= 15 is 0 Å². The number of anilines is 1. The number of alkyl halides is 3. The van der Waals surface area contributed by atoms with E-state index in [1.807, 2.05) is 5.32 Å². The van der Waals surface area contributed by atoms with E-state index in [-0.39, 0.29) is 11.3 Å². The summed E-state index contributed by atoms with van der Waals surface area (Å²) in [5.74, 6) is -9.14. The van der Waals surface area contributed by atoms with Gasteiger partial charge in [0, 0.05) is 23.1 Å². The second-order valence-electron chi connectivity index (χ2n) is 9.58. The summed E-state index contributed by atoms with van der Waals surface area (Å²) in [5.41, 5.74) is -3.71. The highest BCUT2D eigenvalue weighted by molar-refractivity contribution is 6.06. The third-order valence-corrected chi connectivity index (χ3v) is 6.64. The summed E-state index contributed by atoms with van der Waals surface area (Å²) in [6, 6.07) is 4.63. The first-order chi connectivity index (χ1) is 18.5. The van der Waals surface area contributed by atoms with Gasteiger partial charge in [0.15, 0.2) is 17.2 Å². The highest BCUT2D eigenvalue weighted by Crippen LogP contribution is 2.55. The molecule has 2 amide bonds. The van der Waals surface area contributed by atoms with Gasteiger partial charge in [0.1, 0.15) is 17.8 Å². The van der Waals surface area contributed by atoms with E-state index in [2.05, 4.69) is 5.32 Å². The van der Waals surface area contributed by atoms with Crippen molar-refractivity contribution >= 4 is 23.5 Å². The number of carbonyl (C=O) groups is 2. The Balaban J connectivity index is 1.98. The topological polar surface area (TPSA) is 110 Å². The average molecular weight is 576 g/mol. The van der Waals surface area contributed by atoms with Crippen molar-refractivity contribution in [3.63, 3.8) is 0 Å². The van der Waals surface area contributed by atoms with Crippen LogP contribution in [0.2, 0.25) is 0 Å². The van der Waals surface area contributed by atoms with Crippen molar-refractivity contribution in [2.75, 3.05) is 12.4 Å². The highest BCUT2D eigenvalue weighted by Gasteiger charge is 2.65. The van der Waals surface area contributed by atoms with Crippen molar-refractivity contribution in [1.82, 2.24) is 5.32 Å². The van der Waals surface area contributed by atoms with Crippen molar-refractivity contribution in [3.8, 4) is 5.75 Å². The molecule has 2 aromatic rings. The number of amidine groups is 1. The van der Waals surface area contributed by atoms with Gasteiger partial charge in [-0.05, 0) is 45.0 Å². The molecular formula is C26H27F6N3O5. The summed E-state index contributed by atoms with van der Waals surface area (Å²) < 4.78 is 100. The fraction of sp³-hybridized carbons (Fsp3) is 0.423. The molecule has 0 bridgehead atoms. The number of nitrogens with one attached hydrogen (secondary N) is 3. The van der Waals surface area contributed by atoms with Gasteiger partial charge in [-0.3, -0.25) is 15.5 Å². The van der Waals surface area contributed by atoms with Crippen LogP contribution < -0.4 is 15.4 Å². The average Bonchev–Trinajstić information content (AvgIpc) is 3.13. The Bertz CT molecular complexity index is 1320. The van der Waals surface area contributed by atoms with Crippen molar-refractivity contribution < 1.29 is 50.1 Å². The number of alkyl carbamates (subject to hydrolysis) is 1. The first-order valence-electron chi connectivity index (χ1n) is 11.9. The van der Waals surface area contributed by atoms with Crippen LogP contribution >= 0.6 is 0 Å². The fourth-order valence-corrected chi connectivity index (χ4v) is 4.46. The minimum atomic E-state index is -4.96. The predicted octanol–water partition coefficient (Wildman–Crippen LogP) is 5.65. The molecule has 2 aromatic carbocycles. The number of hydrogen-bond donors (Lipinski definition) is 3. The maximum atomic E-state index is 14.5. The molecule has 0 spiro atoms. The van der Waals surface area contributed by atoms with Crippen LogP contribution in [0.15, 0.2) is 30.3 Å². The largest absolute Gasteiger partial charge is 0.493 e. The second-order valence-corrected chi connectivity index (χ2v) is 9.58. The van der Waals surface area contributed by atoms with Gasteiger partial charge in [0.2, 0.25) is 5.82 Å². The van der Waals surface area contributed by atoms with Crippen LogP contribution in [0.4, 0.5) is 36.8 Å². The van der Waals surface area contributed by atoms with Crippen LogP contribution in [0.3, 0.4) is 0 Å². The number of carbonyl (C=O) groups excluding carboxylic acids is 2. The number of methoxy groups -OCH3 is 1. The van der Waals surface area contributed by atoms with Gasteiger partial charge in [-0.15, -0.1) is 0 Å². The first kappa shape index (κ1) is 30.7. The minimum Gasteiger partial charge on any atom is -0.493 e. The Morgan fingerprint density at radius 2 is 1.73 bits per heavy atom. The van der Waals surface area contributed by atoms with Crippen molar-refractivity contribution in [2.45, 2.75) is 57.6 Å². The molecule has 1 heterocycles. The summed E-state index contributed by atoms with van der Waals surface area (Å²) >= 11 is 0. The normalized spacial score (nSPS) is 22.6. The standard InChI is InChI=1S/C26H27F6N3O5/c1-11(2)39-24(37)35-22(33)15-10-13(6-8-16(15)27)34-23(36)21-18(12(3)25(4,40-21)26(30,31)32)14-7-9-17(28)19(29)20(14)38-5/h6-12,18,21H,1-5H3,(H,34,36)(H2,33,35,37)/t12-,18-,21+,25+/m0/s1. The van der Waals surface area contributed by atoms with Gasteiger partial charge in [-0.2, -0.15) is 17.6 Å². The molecule has 1 fully saturated rings. The van der Waals surface area contributed by atoms with E-state index in [4.69, 9.17) is 19.6 Å². The fourth-order valence-electron chi connectivity index (χ4n) is 4.46. The molecule has 0 saturated carbocycles. The molecule has 14 heteroatoms. The van der Waals surface area contributed by atoms with Crippen molar-refractivity contribution in [1.29, 1.82) is 5.41 Å². The quantitative estimate of drug-likeness (QED) is 0.234. The minimum absolute atomic E-state index is 0.155. The zero-order chi connectivity index (χ0) is 30.2. The summed E-state index contributed by atoms with van der Waals surface area (Å²) in [5, 5.41) is 12.3. The van der Waals surface area contributed by atoms with Gasteiger partial charge in [0.25, 0.3) is 5.91 Å². The molecule has 1 aliphatic rings. The van der Waals surface area contributed by atoms with E-state index in [1.54, 1.807) is 13.8 Å². The van der Waals surface area contributed by atoms with Crippen LogP contribution in [0.1, 0.15) is 44.7 Å². The van der Waals surface area contributed by atoms with E-state index in [0.717, 1.165) is 45.2 Å². The zero-order valence-corrected chi connectivity index (χ0v) is 22.0. The summed E-state index contributed by atoms with van der Waals surface area (Å²) in [6.07, 6.45) is -8.40. The second kappa shape index (κ2) is 11.4. The lowest BCUT2D eigenvalue weighted by atomic mass is 9.77. The van der Waals surface area contributed by atoms with Crippen LogP contribution in [-0.2, 0) is 14.3 Å². The Morgan fingerprint density at radius 3 is 2.30 bits per heavy atom. The molecule has 3 N–H and O–H groups in total. The molecule has 218 valence electrons. The van der Waals surface area contributed by atoms with E-state index in [0.29, 0.717) is 6.07 Å². The number of amides is 2. The number of ether oxygens (including phenoxy) is 3. The lowest BCUT2D eigenvalue weighted by Crippen LogP contribution is -2.47. The SMILES string of the molecule is COc1c([C@H]2[C@H](C(=O)Nc3ccc(F)c(C(=N)NC(=O)OC(C)C)c3)O[C@@](C)(C(F)(F)F)[C@H]2C)ccc(F)c1F. The summed E-state index contributed by atoms with van der Waals surface area (Å²) in [7, 11) is 1.000. The molecule has 3 rings (SSSR count). The molecule has 1 saturated heterocycles. The molecule has 4 atom stereocenters. The van der Waals surface area contributed by atoms with Gasteiger partial charge >= 0.3 is 12.3 Å². The van der Waals surface area contributed by atoms with Gasteiger partial charge in [0.05, 0.1) is 18.8 Å². The highest BCUT2D eigenvalue weighted by atomic mass is 19.4. The third kappa shape index (κ3) is 5.86. The number of halogens is 6. The van der Waals surface area contributed by atoms with Crippen molar-refractivity contribution in [2.24, 2.45) is 5.92 Å². The van der Waals surface area contributed by atoms with Gasteiger partial charge in [-0.1, -0.05) is 13.0 Å². The lowest BCUT2D eigenvalue weighted by Gasteiger charge is -2.32. The summed E-state index contributed by atoms with van der Waals surface area (Å²) in [4.78, 5) is 25.1. The maximum Gasteiger partial charge on any atom is 0.417 e. The van der Waals surface area contributed by atoms with Crippen LogP contribution in [0, 0.1) is 28.8 Å². The molecule has 0 aliphatic carbocycles. The Morgan fingerprint density at radius 1 is 1.10 bits per heavy atom. The van der Waals surface area contributed by atoms with E-state index < -0.39 is 82.4 Å². The van der Waals surface area contributed by atoms with Gasteiger partial charge < -0.3 is 19.5 Å². The van der Waals surface area contributed by atoms with Crippen LogP contribution in [-0.4, -0.2) is 48.9 Å². The molecular weight excluding hydrogens is 548 g/mol. The molecule has 0 aromatic heterocycles. The lowest BCUT2D eigenvalue weighted by molar-refractivity contribution is -0.272. The molecule has 1 aliphatic heterocycles. The van der Waals surface area contributed by atoms with Crippen LogP contribution in [0.25, 0.3) is 0 Å². The molecule has 8 nitrogen and oxygen atoms in total. The Hall–Kier alpha value is -3.81. The maximum absolute atomic E-state index is 14.5. The van der Waals surface area contributed by atoms with Crippen molar-refractivity contribution in [3.05, 3.63) is 58.9 Å². The predicted molar refractivity (Wildman–Crippen MR) is 131 cm³/mol. The number of rotatable bonds is 6. The monoisotopic (exact) mass is 575 g/mol. The first-order valence-corrected chi connectivity index (χ1v) is 11.9. The smallest absolute Gasteiger partial charge is 0.417 e. The van der Waals surface area contributed by atoms with Crippen LogP contribution in [0.5, 0.6) is 5.75 Å². The van der Waals surface area contributed by atoms with E-state index in [1.165, 1.54) is 0 Å². The number of hydrogen-bond acceptors (Lipinski definition) is 6. The van der Waals surface area contributed by atoms with Gasteiger partial charge in [-0.25, -0.2) is 13.6 Å². The molecule has 40 heavy (non-hydrogen) atoms. The Kier molecular flexibility index (Phi) is 8.72. The molecule has 0 unspecified atom stereocenters. The molecule has 0 radical (unpaired) electrons. The Labute approximate surface area is 225 Å².